The molecule has 0 radical (unpaired) electrons. The summed E-state index contributed by atoms with van der Waals surface area (Å²) < 4.78 is 0. The largest absolute Gasteiger partial charge is 0.325 e. The third-order valence-electron chi connectivity index (χ3n) is 3.62. The Morgan fingerprint density at radius 1 is 1.53 bits per heavy atom. The predicted octanol–water partition coefficient (Wildman–Crippen LogP) is 2.32. The van der Waals surface area contributed by atoms with E-state index in [9.17, 15) is 4.79 Å². The first kappa shape index (κ1) is 14.8. The molecule has 0 aromatic heterocycles. The fourth-order valence-corrected chi connectivity index (χ4v) is 2.73. The maximum absolute atomic E-state index is 12.4. The van der Waals surface area contributed by atoms with E-state index < -0.39 is 0 Å². The van der Waals surface area contributed by atoms with Crippen molar-refractivity contribution in [1.29, 1.82) is 0 Å². The lowest BCUT2D eigenvalue weighted by Crippen LogP contribution is -2.45. The van der Waals surface area contributed by atoms with Crippen LogP contribution in [0.5, 0.6) is 0 Å². The smallest absolute Gasteiger partial charge is 0.243 e. The Morgan fingerprint density at radius 3 is 2.65 bits per heavy atom. The van der Waals surface area contributed by atoms with Gasteiger partial charge in [0, 0.05) is 6.54 Å². The molecule has 1 amide bonds. The van der Waals surface area contributed by atoms with Gasteiger partial charge < -0.3 is 4.90 Å². The van der Waals surface area contributed by atoms with Gasteiger partial charge in [0.15, 0.2) is 0 Å². The van der Waals surface area contributed by atoms with Gasteiger partial charge in [0.05, 0.1) is 11.7 Å². The van der Waals surface area contributed by atoms with E-state index >= 15 is 0 Å². The maximum atomic E-state index is 12.4. The van der Waals surface area contributed by atoms with E-state index in [4.69, 9.17) is 0 Å². The number of carbonyl (C=O) groups excluding carboxylic acids is 1. The molecular weight excluding hydrogens is 232 g/mol. The van der Waals surface area contributed by atoms with E-state index in [0.717, 1.165) is 25.1 Å². The Bertz CT molecular complexity index is 270. The molecule has 1 heterocycles. The van der Waals surface area contributed by atoms with E-state index in [1.807, 2.05) is 23.6 Å². The molecular formula is C13H26N2OS. The molecule has 0 aromatic carbocycles. The van der Waals surface area contributed by atoms with E-state index in [0.29, 0.717) is 5.92 Å². The number of nitrogens with one attached hydrogen (secondary N) is 1. The molecule has 17 heavy (non-hydrogen) atoms. The summed E-state index contributed by atoms with van der Waals surface area (Å²) in [5.41, 5.74) is -0.353. The first-order valence-corrected chi connectivity index (χ1v) is 7.93. The summed E-state index contributed by atoms with van der Waals surface area (Å²) in [5.74, 6) is 1.86. The number of hydrogen-bond donors (Lipinski definition) is 1. The van der Waals surface area contributed by atoms with Gasteiger partial charge in [-0.15, -0.1) is 0 Å². The van der Waals surface area contributed by atoms with Gasteiger partial charge in [-0.1, -0.05) is 20.8 Å². The van der Waals surface area contributed by atoms with E-state index in [1.54, 1.807) is 0 Å². The number of thioether (sulfide) groups is 1. The predicted molar refractivity (Wildman–Crippen MR) is 75.2 cm³/mol. The van der Waals surface area contributed by atoms with E-state index in [1.165, 1.54) is 0 Å². The fourth-order valence-electron chi connectivity index (χ4n) is 2.31. The first-order chi connectivity index (χ1) is 7.96. The maximum Gasteiger partial charge on any atom is 0.243 e. The summed E-state index contributed by atoms with van der Waals surface area (Å²) in [6, 6.07) is 0. The van der Waals surface area contributed by atoms with Crippen LogP contribution in [-0.4, -0.2) is 41.1 Å². The Kier molecular flexibility index (Phi) is 5.32. The van der Waals surface area contributed by atoms with Crippen molar-refractivity contribution in [3.8, 4) is 0 Å². The molecule has 2 unspecified atom stereocenters. The van der Waals surface area contributed by atoms with Crippen LogP contribution in [0, 0.1) is 5.92 Å². The lowest BCUT2D eigenvalue weighted by Gasteiger charge is -2.27. The molecule has 0 aliphatic carbocycles. The molecule has 0 aromatic rings. The fraction of sp³-hybridized carbons (Fsp3) is 0.923. The van der Waals surface area contributed by atoms with Gasteiger partial charge in [-0.2, -0.15) is 11.8 Å². The second-order valence-corrected chi connectivity index (χ2v) is 6.35. The lowest BCUT2D eigenvalue weighted by molar-refractivity contribution is -0.133. The Balaban J connectivity index is 2.73. The minimum absolute atomic E-state index is 0.203. The van der Waals surface area contributed by atoms with Gasteiger partial charge >= 0.3 is 0 Å². The molecule has 1 aliphatic heterocycles. The number of nitrogens with zero attached hydrogens (tertiary/aromatic N) is 1. The zero-order valence-electron chi connectivity index (χ0n) is 11.7. The zero-order valence-corrected chi connectivity index (χ0v) is 12.6. The summed E-state index contributed by atoms with van der Waals surface area (Å²) in [6.45, 7) is 9.33. The summed E-state index contributed by atoms with van der Waals surface area (Å²) in [5, 5.41) is 3.51. The second kappa shape index (κ2) is 6.10. The van der Waals surface area contributed by atoms with Crippen LogP contribution in [0.3, 0.4) is 0 Å². The number of hydrogen-bond acceptors (Lipinski definition) is 3. The molecule has 0 spiro atoms. The van der Waals surface area contributed by atoms with Gasteiger partial charge in [-0.3, -0.25) is 10.1 Å². The van der Waals surface area contributed by atoms with Gasteiger partial charge in [0.2, 0.25) is 5.91 Å². The van der Waals surface area contributed by atoms with Crippen molar-refractivity contribution < 1.29 is 4.79 Å². The van der Waals surface area contributed by atoms with E-state index in [-0.39, 0.29) is 17.6 Å². The standard InChI is InChI=1S/C13H26N2OS/c1-6-13(4)12(16)15(8-7-9-17-5)11(14-13)10(2)3/h10-11,14H,6-9H2,1-5H3. The highest BCUT2D eigenvalue weighted by molar-refractivity contribution is 7.98. The van der Waals surface area contributed by atoms with Crippen molar-refractivity contribution in [2.75, 3.05) is 18.6 Å². The molecule has 1 fully saturated rings. The molecule has 100 valence electrons. The van der Waals surface area contributed by atoms with Crippen LogP contribution in [0.2, 0.25) is 0 Å². The molecule has 0 bridgehead atoms. The van der Waals surface area contributed by atoms with Crippen LogP contribution >= 0.6 is 11.8 Å². The highest BCUT2D eigenvalue weighted by atomic mass is 32.2. The molecule has 1 N–H and O–H groups in total. The Hall–Kier alpha value is -0.220. The van der Waals surface area contributed by atoms with Crippen LogP contribution in [0.4, 0.5) is 0 Å². The van der Waals surface area contributed by atoms with Crippen molar-refractivity contribution >= 4 is 17.7 Å². The first-order valence-electron chi connectivity index (χ1n) is 6.54. The number of carbonyl (C=O) groups is 1. The third kappa shape index (κ3) is 3.16. The zero-order chi connectivity index (χ0) is 13.1. The van der Waals surface area contributed by atoms with Gasteiger partial charge in [0.1, 0.15) is 0 Å². The highest BCUT2D eigenvalue weighted by Crippen LogP contribution is 2.27. The average molecular weight is 258 g/mol. The minimum Gasteiger partial charge on any atom is -0.325 e. The summed E-state index contributed by atoms with van der Waals surface area (Å²) in [4.78, 5) is 14.5. The molecule has 3 nitrogen and oxygen atoms in total. The van der Waals surface area contributed by atoms with Crippen molar-refractivity contribution in [3.63, 3.8) is 0 Å². The van der Waals surface area contributed by atoms with Crippen molar-refractivity contribution in [2.45, 2.75) is 52.2 Å². The normalized spacial score (nSPS) is 29.4. The molecule has 2 atom stereocenters. The summed E-state index contributed by atoms with van der Waals surface area (Å²) in [6.07, 6.45) is 4.25. The summed E-state index contributed by atoms with van der Waals surface area (Å²) >= 11 is 1.84. The monoisotopic (exact) mass is 258 g/mol. The minimum atomic E-state index is -0.353. The highest BCUT2D eigenvalue weighted by Gasteiger charge is 2.47. The van der Waals surface area contributed by atoms with Gasteiger partial charge in [-0.05, 0) is 37.7 Å². The molecule has 1 rings (SSSR count). The average Bonchev–Trinajstić information content (AvgIpc) is 2.55. The number of amides is 1. The second-order valence-electron chi connectivity index (χ2n) is 5.36. The van der Waals surface area contributed by atoms with Gasteiger partial charge in [0.25, 0.3) is 0 Å². The van der Waals surface area contributed by atoms with Crippen LogP contribution < -0.4 is 5.32 Å². The molecule has 0 saturated carbocycles. The van der Waals surface area contributed by atoms with Crippen molar-refractivity contribution in [3.05, 3.63) is 0 Å². The lowest BCUT2D eigenvalue weighted by atomic mass is 9.99. The van der Waals surface area contributed by atoms with Crippen LogP contribution in [-0.2, 0) is 4.79 Å². The Morgan fingerprint density at radius 2 is 2.18 bits per heavy atom. The Labute approximate surface area is 110 Å². The molecule has 4 heteroatoms. The SMILES string of the molecule is CCC1(C)NC(C(C)C)N(CCCSC)C1=O. The number of rotatable bonds is 6. The summed E-state index contributed by atoms with van der Waals surface area (Å²) in [7, 11) is 0. The quantitative estimate of drug-likeness (QED) is 0.742. The van der Waals surface area contributed by atoms with Gasteiger partial charge in [-0.25, -0.2) is 0 Å². The molecule has 1 aliphatic rings. The molecule has 1 saturated heterocycles. The van der Waals surface area contributed by atoms with E-state index in [2.05, 4.69) is 32.3 Å². The van der Waals surface area contributed by atoms with Crippen molar-refractivity contribution in [2.24, 2.45) is 5.92 Å². The van der Waals surface area contributed by atoms with Crippen LogP contribution in [0.1, 0.15) is 40.5 Å². The van der Waals surface area contributed by atoms with Crippen LogP contribution in [0.15, 0.2) is 0 Å². The topological polar surface area (TPSA) is 32.3 Å². The van der Waals surface area contributed by atoms with Crippen molar-refractivity contribution in [1.82, 2.24) is 10.2 Å². The van der Waals surface area contributed by atoms with Crippen LogP contribution in [0.25, 0.3) is 0 Å². The third-order valence-corrected chi connectivity index (χ3v) is 4.32.